The maximum Gasteiger partial charge on any atom is 0.330 e. The molecule has 3 unspecified atom stereocenters. The van der Waals surface area contributed by atoms with Crippen LogP contribution in [0.3, 0.4) is 0 Å². The van der Waals surface area contributed by atoms with Gasteiger partial charge in [0.05, 0.1) is 0 Å². The van der Waals surface area contributed by atoms with Gasteiger partial charge in [0, 0.05) is 12.2 Å². The summed E-state index contributed by atoms with van der Waals surface area (Å²) in [5.74, 6) is 1.33. The number of thioether (sulfide) groups is 1. The van der Waals surface area contributed by atoms with Crippen molar-refractivity contribution in [1.29, 1.82) is 0 Å². The molecule has 1 heterocycles. The highest BCUT2D eigenvalue weighted by atomic mass is 32.2. The summed E-state index contributed by atoms with van der Waals surface area (Å²) in [6, 6.07) is 0. The third kappa shape index (κ3) is 4.15. The highest BCUT2D eigenvalue weighted by molar-refractivity contribution is 7.99. The molecule has 1 amide bonds. The van der Waals surface area contributed by atoms with Crippen molar-refractivity contribution in [1.82, 2.24) is 5.32 Å². The molecule has 1 saturated carbocycles. The monoisotopic (exact) mass is 313 g/mol. The first-order valence-corrected chi connectivity index (χ1v) is 9.00. The summed E-state index contributed by atoms with van der Waals surface area (Å²) in [4.78, 5) is 23.8. The molecule has 2 aliphatic rings. The summed E-state index contributed by atoms with van der Waals surface area (Å²) in [5, 5.41) is 12.2. The largest absolute Gasteiger partial charge is 0.479 e. The maximum absolute atomic E-state index is 12.3. The number of amides is 1. The van der Waals surface area contributed by atoms with Crippen LogP contribution in [0.2, 0.25) is 0 Å². The summed E-state index contributed by atoms with van der Waals surface area (Å²) in [6.07, 6.45) is 4.34. The normalized spacial score (nSPS) is 35.4. The fourth-order valence-corrected chi connectivity index (χ4v) is 5.49. The lowest BCUT2D eigenvalue weighted by Crippen LogP contribution is -2.55. The summed E-state index contributed by atoms with van der Waals surface area (Å²) in [6.45, 7) is 6.78. The molecule has 1 aliphatic heterocycles. The Bertz CT molecular complexity index is 416. The van der Waals surface area contributed by atoms with E-state index in [2.05, 4.69) is 26.1 Å². The Balaban J connectivity index is 1.93. The van der Waals surface area contributed by atoms with Gasteiger partial charge in [-0.25, -0.2) is 4.79 Å². The molecule has 21 heavy (non-hydrogen) atoms. The predicted molar refractivity (Wildman–Crippen MR) is 85.4 cm³/mol. The van der Waals surface area contributed by atoms with E-state index < -0.39 is 11.5 Å². The van der Waals surface area contributed by atoms with Gasteiger partial charge < -0.3 is 10.4 Å². The molecule has 5 heteroatoms. The Kier molecular flexibility index (Phi) is 4.91. The molecule has 1 aliphatic carbocycles. The van der Waals surface area contributed by atoms with E-state index in [9.17, 15) is 14.7 Å². The summed E-state index contributed by atoms with van der Waals surface area (Å²) >= 11 is 1.60. The first-order chi connectivity index (χ1) is 9.72. The molecule has 0 aromatic carbocycles. The fourth-order valence-electron chi connectivity index (χ4n) is 4.17. The quantitative estimate of drug-likeness (QED) is 0.837. The van der Waals surface area contributed by atoms with Crippen LogP contribution in [0.25, 0.3) is 0 Å². The number of nitrogens with one attached hydrogen (secondary N) is 1. The van der Waals surface area contributed by atoms with Crippen molar-refractivity contribution in [3.8, 4) is 0 Å². The third-order valence-electron chi connectivity index (χ3n) is 4.76. The second kappa shape index (κ2) is 6.19. The molecular formula is C16H27NO3S. The Labute approximate surface area is 131 Å². The van der Waals surface area contributed by atoms with Crippen molar-refractivity contribution in [2.75, 3.05) is 11.5 Å². The number of carbonyl (C=O) groups excluding carboxylic acids is 1. The zero-order chi connectivity index (χ0) is 15.7. The van der Waals surface area contributed by atoms with Crippen LogP contribution in [0.5, 0.6) is 0 Å². The number of carboxylic acids is 1. The minimum Gasteiger partial charge on any atom is -0.479 e. The zero-order valence-corrected chi connectivity index (χ0v) is 14.1. The highest BCUT2D eigenvalue weighted by Gasteiger charge is 2.43. The van der Waals surface area contributed by atoms with Crippen molar-refractivity contribution < 1.29 is 14.7 Å². The molecule has 1 saturated heterocycles. The summed E-state index contributed by atoms with van der Waals surface area (Å²) in [7, 11) is 0. The molecule has 0 bridgehead atoms. The van der Waals surface area contributed by atoms with Crippen LogP contribution >= 0.6 is 11.8 Å². The average Bonchev–Trinajstić information content (AvgIpc) is 2.75. The van der Waals surface area contributed by atoms with Crippen molar-refractivity contribution in [2.45, 2.75) is 58.4 Å². The minimum absolute atomic E-state index is 0.0881. The van der Waals surface area contributed by atoms with Crippen LogP contribution in [0, 0.1) is 17.3 Å². The number of carboxylic acid groups (broad SMARTS) is 1. The van der Waals surface area contributed by atoms with E-state index in [1.807, 2.05) is 0 Å². The molecule has 2 fully saturated rings. The van der Waals surface area contributed by atoms with E-state index in [0.717, 1.165) is 18.6 Å². The maximum atomic E-state index is 12.3. The number of hydrogen-bond donors (Lipinski definition) is 2. The van der Waals surface area contributed by atoms with Gasteiger partial charge in [-0.05, 0) is 48.7 Å². The predicted octanol–water partition coefficient (Wildman–Crippen LogP) is 2.92. The first-order valence-electron chi connectivity index (χ1n) is 7.85. The van der Waals surface area contributed by atoms with Crippen molar-refractivity contribution in [2.24, 2.45) is 17.3 Å². The molecule has 0 radical (unpaired) electrons. The smallest absolute Gasteiger partial charge is 0.330 e. The number of rotatable bonds is 4. The van der Waals surface area contributed by atoms with Gasteiger partial charge in [-0.2, -0.15) is 11.8 Å². The molecule has 4 nitrogen and oxygen atoms in total. The van der Waals surface area contributed by atoms with E-state index in [1.54, 1.807) is 11.8 Å². The summed E-state index contributed by atoms with van der Waals surface area (Å²) < 4.78 is 0. The van der Waals surface area contributed by atoms with Gasteiger partial charge in [0.25, 0.3) is 0 Å². The Morgan fingerprint density at radius 1 is 1.33 bits per heavy atom. The van der Waals surface area contributed by atoms with E-state index in [-0.39, 0.29) is 11.3 Å². The van der Waals surface area contributed by atoms with E-state index in [1.165, 1.54) is 6.42 Å². The van der Waals surface area contributed by atoms with E-state index in [4.69, 9.17) is 0 Å². The average molecular weight is 313 g/mol. The molecule has 0 spiro atoms. The van der Waals surface area contributed by atoms with Crippen molar-refractivity contribution in [3.63, 3.8) is 0 Å². The standard InChI is InChI=1S/C16H27NO3S/c1-11-6-12(9-15(2,3)8-11)7-13(18)17-16(14(19)20)4-5-21-10-16/h11-12H,4-10H2,1-3H3,(H,17,18)(H,19,20). The van der Waals surface area contributed by atoms with Gasteiger partial charge in [-0.15, -0.1) is 0 Å². The minimum atomic E-state index is -1.03. The Hall–Kier alpha value is -0.710. The van der Waals surface area contributed by atoms with Gasteiger partial charge in [-0.1, -0.05) is 20.8 Å². The number of aliphatic carboxylic acids is 1. The molecule has 3 atom stereocenters. The lowest BCUT2D eigenvalue weighted by atomic mass is 9.67. The van der Waals surface area contributed by atoms with Crippen molar-refractivity contribution in [3.05, 3.63) is 0 Å². The number of carbonyl (C=O) groups is 2. The van der Waals surface area contributed by atoms with Crippen LogP contribution in [0.4, 0.5) is 0 Å². The first kappa shape index (κ1) is 16.7. The SMILES string of the molecule is CC1CC(CC(=O)NC2(C(=O)O)CCSC2)CC(C)(C)C1. The van der Waals surface area contributed by atoms with Crippen molar-refractivity contribution >= 4 is 23.6 Å². The van der Waals surface area contributed by atoms with Gasteiger partial charge in [0.15, 0.2) is 0 Å². The van der Waals surface area contributed by atoms with E-state index >= 15 is 0 Å². The van der Waals surface area contributed by atoms with Crippen LogP contribution in [0.15, 0.2) is 0 Å². The molecule has 2 rings (SSSR count). The number of hydrogen-bond acceptors (Lipinski definition) is 3. The molecule has 0 aromatic heterocycles. The molecule has 2 N–H and O–H groups in total. The third-order valence-corrected chi connectivity index (χ3v) is 5.95. The van der Waals surface area contributed by atoms with Gasteiger partial charge in [0.2, 0.25) is 5.91 Å². The van der Waals surface area contributed by atoms with Gasteiger partial charge in [0.1, 0.15) is 5.54 Å². The zero-order valence-electron chi connectivity index (χ0n) is 13.3. The molecule has 0 aromatic rings. The second-order valence-corrected chi connectivity index (χ2v) is 8.83. The van der Waals surface area contributed by atoms with Crippen LogP contribution in [-0.4, -0.2) is 34.0 Å². The van der Waals surface area contributed by atoms with Gasteiger partial charge >= 0.3 is 5.97 Å². The van der Waals surface area contributed by atoms with Crippen LogP contribution < -0.4 is 5.32 Å². The van der Waals surface area contributed by atoms with E-state index in [0.29, 0.717) is 30.4 Å². The Morgan fingerprint density at radius 2 is 2.05 bits per heavy atom. The topological polar surface area (TPSA) is 66.4 Å². The second-order valence-electron chi connectivity index (χ2n) is 7.72. The van der Waals surface area contributed by atoms with Crippen LogP contribution in [0.1, 0.15) is 52.9 Å². The summed E-state index contributed by atoms with van der Waals surface area (Å²) in [5.41, 5.74) is -0.742. The lowest BCUT2D eigenvalue weighted by Gasteiger charge is -2.39. The highest BCUT2D eigenvalue weighted by Crippen LogP contribution is 2.42. The van der Waals surface area contributed by atoms with Crippen LogP contribution in [-0.2, 0) is 9.59 Å². The molecular weight excluding hydrogens is 286 g/mol. The Morgan fingerprint density at radius 3 is 2.57 bits per heavy atom. The fraction of sp³-hybridized carbons (Fsp3) is 0.875. The van der Waals surface area contributed by atoms with Gasteiger partial charge in [-0.3, -0.25) is 4.79 Å². The lowest BCUT2D eigenvalue weighted by molar-refractivity contribution is -0.146. The molecule has 120 valence electrons.